The maximum Gasteiger partial charge on any atom is 0.168 e. The van der Waals surface area contributed by atoms with Crippen molar-refractivity contribution in [3.8, 4) is 0 Å². The summed E-state index contributed by atoms with van der Waals surface area (Å²) in [4.78, 5) is 15.6. The molecule has 0 spiro atoms. The van der Waals surface area contributed by atoms with Crippen LogP contribution in [-0.4, -0.2) is 21.6 Å². The predicted octanol–water partition coefficient (Wildman–Crippen LogP) is 2.07. The van der Waals surface area contributed by atoms with Crippen molar-refractivity contribution in [1.29, 1.82) is 0 Å². The summed E-state index contributed by atoms with van der Waals surface area (Å²) < 4.78 is 2.07. The van der Waals surface area contributed by atoms with Crippen molar-refractivity contribution in [2.75, 3.05) is 5.75 Å². The van der Waals surface area contributed by atoms with Gasteiger partial charge in [-0.3, -0.25) is 4.79 Å². The van der Waals surface area contributed by atoms with Gasteiger partial charge in [-0.25, -0.2) is 4.98 Å². The van der Waals surface area contributed by atoms with E-state index in [1.165, 1.54) is 19.3 Å². The first kappa shape index (κ1) is 8.53. The highest BCUT2D eigenvalue weighted by Gasteiger charge is 2.29. The largest absolute Gasteiger partial charge is 0.316 e. The van der Waals surface area contributed by atoms with Crippen LogP contribution >= 0.6 is 11.8 Å². The molecule has 1 aromatic rings. The molecule has 4 heteroatoms. The molecule has 2 aliphatic rings. The fraction of sp³-hybridized carbons (Fsp3) is 0.600. The molecule has 0 unspecified atom stereocenters. The summed E-state index contributed by atoms with van der Waals surface area (Å²) in [6, 6.07) is 0. The molecule has 3 nitrogen and oxygen atoms in total. The van der Waals surface area contributed by atoms with Crippen LogP contribution in [0, 0.1) is 0 Å². The van der Waals surface area contributed by atoms with E-state index in [0.717, 1.165) is 35.1 Å². The Morgan fingerprint density at radius 1 is 1.50 bits per heavy atom. The van der Waals surface area contributed by atoms with Crippen LogP contribution in [0.3, 0.4) is 0 Å². The molecule has 1 fully saturated rings. The lowest BCUT2D eigenvalue weighted by molar-refractivity contribution is 0.111. The van der Waals surface area contributed by atoms with E-state index in [4.69, 9.17) is 0 Å². The number of aldehydes is 1. The zero-order valence-corrected chi connectivity index (χ0v) is 8.72. The summed E-state index contributed by atoms with van der Waals surface area (Å²) in [6.07, 6.45) is 4.69. The number of fused-ring (bicyclic) bond motifs is 1. The van der Waals surface area contributed by atoms with Crippen molar-refractivity contribution < 1.29 is 4.79 Å². The molecule has 0 bridgehead atoms. The van der Waals surface area contributed by atoms with Crippen LogP contribution in [0.2, 0.25) is 0 Å². The lowest BCUT2D eigenvalue weighted by atomic mass is 9.82. The first-order chi connectivity index (χ1) is 6.90. The summed E-state index contributed by atoms with van der Waals surface area (Å²) in [7, 11) is 0. The van der Waals surface area contributed by atoms with Crippen molar-refractivity contribution in [2.24, 2.45) is 0 Å². The first-order valence-electron chi connectivity index (χ1n) is 5.08. The number of thioether (sulfide) groups is 1. The molecule has 1 aliphatic carbocycles. The van der Waals surface area contributed by atoms with E-state index in [0.29, 0.717) is 5.92 Å². The second kappa shape index (κ2) is 3.12. The van der Waals surface area contributed by atoms with E-state index in [-0.39, 0.29) is 0 Å². The highest BCUT2D eigenvalue weighted by atomic mass is 32.2. The van der Waals surface area contributed by atoms with Crippen LogP contribution in [-0.2, 0) is 6.54 Å². The van der Waals surface area contributed by atoms with Gasteiger partial charge in [0.1, 0.15) is 5.69 Å². The molecule has 0 saturated heterocycles. The van der Waals surface area contributed by atoms with Gasteiger partial charge in [-0.2, -0.15) is 0 Å². The van der Waals surface area contributed by atoms with E-state index in [1.807, 2.05) is 0 Å². The van der Waals surface area contributed by atoms with E-state index < -0.39 is 0 Å². The minimum Gasteiger partial charge on any atom is -0.316 e. The van der Waals surface area contributed by atoms with Gasteiger partial charge in [-0.1, -0.05) is 18.2 Å². The molecule has 1 saturated carbocycles. The minimum atomic E-state index is 0.564. The molecule has 1 aliphatic heterocycles. The smallest absolute Gasteiger partial charge is 0.168 e. The Morgan fingerprint density at radius 2 is 2.36 bits per heavy atom. The van der Waals surface area contributed by atoms with Gasteiger partial charge in [0, 0.05) is 18.2 Å². The molecule has 2 heterocycles. The number of carbonyl (C=O) groups excluding carboxylic acids is 1. The highest BCUT2D eigenvalue weighted by molar-refractivity contribution is 7.99. The fourth-order valence-corrected chi connectivity index (χ4v) is 3.09. The van der Waals surface area contributed by atoms with Crippen molar-refractivity contribution in [1.82, 2.24) is 9.55 Å². The Labute approximate surface area is 86.9 Å². The van der Waals surface area contributed by atoms with Gasteiger partial charge >= 0.3 is 0 Å². The van der Waals surface area contributed by atoms with Gasteiger partial charge in [0.2, 0.25) is 0 Å². The van der Waals surface area contributed by atoms with Gasteiger partial charge in [0.25, 0.3) is 0 Å². The maximum absolute atomic E-state index is 11.0. The van der Waals surface area contributed by atoms with Crippen LogP contribution in [0.1, 0.15) is 41.4 Å². The van der Waals surface area contributed by atoms with E-state index >= 15 is 0 Å². The standard InChI is InChI=1S/C10H12N2OS/c13-6-8-9(7-2-1-3-7)11-10-12(8)4-5-14-10/h6-7H,1-5H2. The summed E-state index contributed by atoms with van der Waals surface area (Å²) in [6.45, 7) is 0.952. The second-order valence-electron chi connectivity index (χ2n) is 3.91. The van der Waals surface area contributed by atoms with E-state index in [1.54, 1.807) is 11.8 Å². The molecule has 0 aromatic carbocycles. The number of aromatic nitrogens is 2. The number of hydrogen-bond donors (Lipinski definition) is 0. The van der Waals surface area contributed by atoms with Gasteiger partial charge in [0.15, 0.2) is 11.4 Å². The molecule has 74 valence electrons. The molecule has 3 rings (SSSR count). The number of carbonyl (C=O) groups is 1. The van der Waals surface area contributed by atoms with Crippen LogP contribution in [0.4, 0.5) is 0 Å². The third-order valence-corrected chi connectivity index (χ3v) is 4.11. The molecule has 1 aromatic heterocycles. The second-order valence-corrected chi connectivity index (χ2v) is 4.97. The lowest BCUT2D eigenvalue weighted by Crippen LogP contribution is -2.12. The zero-order chi connectivity index (χ0) is 9.54. The predicted molar refractivity (Wildman–Crippen MR) is 54.9 cm³/mol. The topological polar surface area (TPSA) is 34.9 Å². The molecule has 0 radical (unpaired) electrons. The summed E-state index contributed by atoms with van der Waals surface area (Å²) >= 11 is 1.76. The van der Waals surface area contributed by atoms with E-state index in [9.17, 15) is 4.79 Å². The number of rotatable bonds is 2. The first-order valence-corrected chi connectivity index (χ1v) is 6.07. The van der Waals surface area contributed by atoms with Crippen molar-refractivity contribution in [3.05, 3.63) is 11.4 Å². The Kier molecular flexibility index (Phi) is 1.90. The Hall–Kier alpha value is -0.770. The van der Waals surface area contributed by atoms with Gasteiger partial charge in [-0.15, -0.1) is 0 Å². The minimum absolute atomic E-state index is 0.564. The number of imidazole rings is 1. The molecule has 0 atom stereocenters. The summed E-state index contributed by atoms with van der Waals surface area (Å²) in [5, 5.41) is 1.05. The lowest BCUT2D eigenvalue weighted by Gasteiger charge is -2.24. The Balaban J connectivity index is 2.06. The average Bonchev–Trinajstić information content (AvgIpc) is 2.60. The fourth-order valence-electron chi connectivity index (χ4n) is 2.12. The average molecular weight is 208 g/mol. The van der Waals surface area contributed by atoms with Gasteiger partial charge in [0.05, 0.1) is 5.69 Å². The zero-order valence-electron chi connectivity index (χ0n) is 7.90. The highest BCUT2D eigenvalue weighted by Crippen LogP contribution is 2.39. The maximum atomic E-state index is 11.0. The van der Waals surface area contributed by atoms with Crippen LogP contribution in [0.25, 0.3) is 0 Å². The number of nitrogens with zero attached hydrogens (tertiary/aromatic N) is 2. The van der Waals surface area contributed by atoms with Crippen LogP contribution in [0.15, 0.2) is 5.16 Å². The molecule has 14 heavy (non-hydrogen) atoms. The molecular formula is C10H12N2OS. The van der Waals surface area contributed by atoms with Crippen molar-refractivity contribution in [2.45, 2.75) is 36.9 Å². The van der Waals surface area contributed by atoms with Crippen molar-refractivity contribution >= 4 is 18.0 Å². The van der Waals surface area contributed by atoms with Crippen molar-refractivity contribution in [3.63, 3.8) is 0 Å². The number of hydrogen-bond acceptors (Lipinski definition) is 3. The Morgan fingerprint density at radius 3 is 3.00 bits per heavy atom. The SMILES string of the molecule is O=Cc1c(C2CCC2)nc2n1CCS2. The third-order valence-electron chi connectivity index (χ3n) is 3.15. The third kappa shape index (κ3) is 1.06. The van der Waals surface area contributed by atoms with Crippen LogP contribution in [0.5, 0.6) is 0 Å². The quantitative estimate of drug-likeness (QED) is 0.698. The molecular weight excluding hydrogens is 196 g/mol. The summed E-state index contributed by atoms with van der Waals surface area (Å²) in [5.74, 6) is 1.63. The summed E-state index contributed by atoms with van der Waals surface area (Å²) in [5.41, 5.74) is 1.91. The van der Waals surface area contributed by atoms with Gasteiger partial charge in [-0.05, 0) is 12.8 Å². The van der Waals surface area contributed by atoms with Gasteiger partial charge < -0.3 is 4.57 Å². The van der Waals surface area contributed by atoms with E-state index in [2.05, 4.69) is 9.55 Å². The molecule has 0 N–H and O–H groups in total. The Bertz CT molecular complexity index is 382. The van der Waals surface area contributed by atoms with Crippen LogP contribution < -0.4 is 0 Å². The molecule has 0 amide bonds. The monoisotopic (exact) mass is 208 g/mol. The normalized spacial score (nSPS) is 20.6.